The molecule has 1 aliphatic rings. The topological polar surface area (TPSA) is 60.5 Å². The van der Waals surface area contributed by atoms with E-state index in [0.717, 1.165) is 12.3 Å². The molecule has 0 radical (unpaired) electrons. The van der Waals surface area contributed by atoms with Gasteiger partial charge in [-0.1, -0.05) is 0 Å². The minimum absolute atomic E-state index is 0.00852. The molecule has 1 saturated heterocycles. The maximum Gasteiger partial charge on any atom is 0.241 e. The molecular formula is C13H17N3O2. The Kier molecular flexibility index (Phi) is 3.68. The van der Waals surface area contributed by atoms with Crippen molar-refractivity contribution >= 4 is 5.91 Å². The van der Waals surface area contributed by atoms with Crippen molar-refractivity contribution in [3.63, 3.8) is 0 Å². The molecule has 1 aromatic rings. The van der Waals surface area contributed by atoms with Crippen LogP contribution in [0, 0.1) is 11.3 Å². The lowest BCUT2D eigenvalue weighted by atomic mass is 10.0. The summed E-state index contributed by atoms with van der Waals surface area (Å²) in [5.74, 6) is 0.782. The largest absolute Gasteiger partial charge is 0.467 e. The van der Waals surface area contributed by atoms with E-state index in [4.69, 9.17) is 9.68 Å². The molecule has 18 heavy (non-hydrogen) atoms. The summed E-state index contributed by atoms with van der Waals surface area (Å²) in [6, 6.07) is 5.55. The van der Waals surface area contributed by atoms with Crippen LogP contribution in [0.2, 0.25) is 0 Å². The number of hydrogen-bond acceptors (Lipinski definition) is 4. The van der Waals surface area contributed by atoms with Crippen molar-refractivity contribution in [1.29, 1.82) is 5.26 Å². The molecule has 5 heteroatoms. The van der Waals surface area contributed by atoms with Gasteiger partial charge in [0, 0.05) is 12.6 Å². The van der Waals surface area contributed by atoms with Gasteiger partial charge < -0.3 is 9.32 Å². The Balaban J connectivity index is 2.13. The van der Waals surface area contributed by atoms with E-state index < -0.39 is 0 Å². The zero-order chi connectivity index (χ0) is 13.1. The van der Waals surface area contributed by atoms with E-state index in [1.165, 1.54) is 0 Å². The summed E-state index contributed by atoms with van der Waals surface area (Å²) in [5, 5.41) is 8.80. The first-order chi connectivity index (χ1) is 8.63. The van der Waals surface area contributed by atoms with Gasteiger partial charge in [-0.15, -0.1) is 0 Å². The summed E-state index contributed by atoms with van der Waals surface area (Å²) < 4.78 is 5.28. The molecule has 2 atom stereocenters. The van der Waals surface area contributed by atoms with E-state index in [2.05, 4.69) is 6.07 Å². The minimum Gasteiger partial charge on any atom is -0.467 e. The van der Waals surface area contributed by atoms with Crippen LogP contribution in [0.25, 0.3) is 0 Å². The molecule has 96 valence electrons. The van der Waals surface area contributed by atoms with Crippen molar-refractivity contribution < 1.29 is 9.21 Å². The van der Waals surface area contributed by atoms with Crippen LogP contribution in [0.3, 0.4) is 0 Å². The highest BCUT2D eigenvalue weighted by Crippen LogP contribution is 2.20. The second kappa shape index (κ2) is 5.23. The van der Waals surface area contributed by atoms with Gasteiger partial charge in [-0.25, -0.2) is 0 Å². The van der Waals surface area contributed by atoms with Crippen molar-refractivity contribution in [2.75, 3.05) is 13.6 Å². The Hall–Kier alpha value is -1.80. The Morgan fingerprint density at radius 1 is 1.61 bits per heavy atom. The molecule has 5 nitrogen and oxygen atoms in total. The summed E-state index contributed by atoms with van der Waals surface area (Å²) >= 11 is 0. The van der Waals surface area contributed by atoms with Crippen molar-refractivity contribution in [3.05, 3.63) is 24.2 Å². The minimum atomic E-state index is -0.332. The van der Waals surface area contributed by atoms with Crippen molar-refractivity contribution in [3.8, 4) is 6.07 Å². The number of amides is 1. The Bertz CT molecular complexity index is 449. The average Bonchev–Trinajstić information content (AvgIpc) is 2.83. The van der Waals surface area contributed by atoms with Crippen LogP contribution in [-0.4, -0.2) is 41.4 Å². The standard InChI is InChI=1S/C13H17N3O2/c1-10-8-15(2)12(5-6-14)13(17)16(10)9-11-4-3-7-18-11/h3-4,7,10,12H,5,8-9H2,1-2H3. The molecule has 2 unspecified atom stereocenters. The summed E-state index contributed by atoms with van der Waals surface area (Å²) in [6.07, 6.45) is 1.84. The van der Waals surface area contributed by atoms with Crippen LogP contribution < -0.4 is 0 Å². The van der Waals surface area contributed by atoms with E-state index in [1.807, 2.05) is 31.0 Å². The van der Waals surface area contributed by atoms with Crippen LogP contribution >= 0.6 is 0 Å². The molecule has 0 saturated carbocycles. The average molecular weight is 247 g/mol. The van der Waals surface area contributed by atoms with Gasteiger partial charge in [-0.3, -0.25) is 9.69 Å². The van der Waals surface area contributed by atoms with Crippen LogP contribution in [0.5, 0.6) is 0 Å². The third kappa shape index (κ3) is 2.39. The molecule has 0 aliphatic carbocycles. The van der Waals surface area contributed by atoms with Gasteiger partial charge in [0.15, 0.2) is 0 Å². The molecule has 0 bridgehead atoms. The molecule has 0 spiro atoms. The van der Waals surface area contributed by atoms with E-state index >= 15 is 0 Å². The zero-order valence-electron chi connectivity index (χ0n) is 10.7. The summed E-state index contributed by atoms with van der Waals surface area (Å²) in [7, 11) is 1.89. The molecule has 1 fully saturated rings. The van der Waals surface area contributed by atoms with Gasteiger partial charge in [0.1, 0.15) is 11.8 Å². The van der Waals surface area contributed by atoms with E-state index in [1.54, 1.807) is 11.2 Å². The molecule has 0 aromatic carbocycles. The lowest BCUT2D eigenvalue weighted by Crippen LogP contribution is -2.59. The number of hydrogen-bond donors (Lipinski definition) is 0. The number of furan rings is 1. The maximum absolute atomic E-state index is 12.4. The second-order valence-corrected chi connectivity index (χ2v) is 4.71. The van der Waals surface area contributed by atoms with Crippen LogP contribution in [0.15, 0.2) is 22.8 Å². The quantitative estimate of drug-likeness (QED) is 0.806. The normalized spacial score (nSPS) is 25.2. The smallest absolute Gasteiger partial charge is 0.241 e. The number of carbonyl (C=O) groups is 1. The first-order valence-electron chi connectivity index (χ1n) is 6.03. The Morgan fingerprint density at radius 2 is 2.39 bits per heavy atom. The van der Waals surface area contributed by atoms with Crippen molar-refractivity contribution in [2.45, 2.75) is 32.0 Å². The molecule has 0 N–H and O–H groups in total. The fourth-order valence-electron chi connectivity index (χ4n) is 2.37. The lowest BCUT2D eigenvalue weighted by Gasteiger charge is -2.42. The predicted molar refractivity (Wildman–Crippen MR) is 65.4 cm³/mol. The third-order valence-corrected chi connectivity index (χ3v) is 3.38. The number of nitrogens with zero attached hydrogens (tertiary/aromatic N) is 3. The molecule has 1 aliphatic heterocycles. The monoisotopic (exact) mass is 247 g/mol. The van der Waals surface area contributed by atoms with E-state index in [0.29, 0.717) is 6.54 Å². The highest BCUT2D eigenvalue weighted by atomic mass is 16.3. The Morgan fingerprint density at radius 3 is 3.00 bits per heavy atom. The van der Waals surface area contributed by atoms with Gasteiger partial charge >= 0.3 is 0 Å². The third-order valence-electron chi connectivity index (χ3n) is 3.38. The number of nitriles is 1. The first kappa shape index (κ1) is 12.7. The SMILES string of the molecule is CC1CN(C)C(CC#N)C(=O)N1Cc1ccco1. The number of rotatable bonds is 3. The fourth-order valence-corrected chi connectivity index (χ4v) is 2.37. The molecule has 1 aromatic heterocycles. The number of piperazine rings is 1. The second-order valence-electron chi connectivity index (χ2n) is 4.71. The number of carbonyl (C=O) groups excluding carboxylic acids is 1. The lowest BCUT2D eigenvalue weighted by molar-refractivity contribution is -0.145. The molecule has 2 heterocycles. The van der Waals surface area contributed by atoms with E-state index in [9.17, 15) is 4.79 Å². The van der Waals surface area contributed by atoms with Gasteiger partial charge in [0.2, 0.25) is 5.91 Å². The summed E-state index contributed by atoms with van der Waals surface area (Å²) in [5.41, 5.74) is 0. The van der Waals surface area contributed by atoms with E-state index in [-0.39, 0.29) is 24.4 Å². The van der Waals surface area contributed by atoms with Crippen LogP contribution in [-0.2, 0) is 11.3 Å². The summed E-state index contributed by atoms with van der Waals surface area (Å²) in [4.78, 5) is 16.1. The molecular weight excluding hydrogens is 230 g/mol. The molecule has 1 amide bonds. The van der Waals surface area contributed by atoms with Gasteiger partial charge in [-0.05, 0) is 26.1 Å². The van der Waals surface area contributed by atoms with Gasteiger partial charge in [-0.2, -0.15) is 5.26 Å². The fraction of sp³-hybridized carbons (Fsp3) is 0.538. The zero-order valence-corrected chi connectivity index (χ0v) is 10.7. The van der Waals surface area contributed by atoms with Crippen molar-refractivity contribution in [2.24, 2.45) is 0 Å². The number of likely N-dealkylation sites (N-methyl/N-ethyl adjacent to an activating group) is 1. The van der Waals surface area contributed by atoms with Gasteiger partial charge in [0.25, 0.3) is 0 Å². The first-order valence-corrected chi connectivity index (χ1v) is 6.03. The highest BCUT2D eigenvalue weighted by Gasteiger charge is 2.36. The van der Waals surface area contributed by atoms with Crippen molar-refractivity contribution in [1.82, 2.24) is 9.80 Å². The Labute approximate surface area is 107 Å². The highest BCUT2D eigenvalue weighted by molar-refractivity contribution is 5.83. The predicted octanol–water partition coefficient (Wildman–Crippen LogP) is 1.22. The maximum atomic E-state index is 12.4. The summed E-state index contributed by atoms with van der Waals surface area (Å²) in [6.45, 7) is 3.27. The van der Waals surface area contributed by atoms with Crippen LogP contribution in [0.1, 0.15) is 19.1 Å². The van der Waals surface area contributed by atoms with Crippen LogP contribution in [0.4, 0.5) is 0 Å². The van der Waals surface area contributed by atoms with Gasteiger partial charge in [0.05, 0.1) is 25.3 Å². The molecule has 2 rings (SSSR count).